The molecule has 5 heteroatoms. The molecular formula is C13H14ClN3O. The van der Waals surface area contributed by atoms with Gasteiger partial charge in [0.1, 0.15) is 5.75 Å². The summed E-state index contributed by atoms with van der Waals surface area (Å²) in [5.41, 5.74) is 1.80. The number of rotatable bonds is 4. The average molecular weight is 264 g/mol. The summed E-state index contributed by atoms with van der Waals surface area (Å²) in [6, 6.07) is 5.48. The van der Waals surface area contributed by atoms with Crippen LogP contribution in [0.2, 0.25) is 5.02 Å². The Balaban J connectivity index is 2.17. The first-order chi connectivity index (χ1) is 8.69. The van der Waals surface area contributed by atoms with Crippen molar-refractivity contribution in [3.63, 3.8) is 0 Å². The van der Waals surface area contributed by atoms with Crippen LogP contribution < -0.4 is 10.1 Å². The molecule has 0 aliphatic rings. The summed E-state index contributed by atoms with van der Waals surface area (Å²) in [5, 5.41) is 3.74. The smallest absolute Gasteiger partial charge is 0.238 e. The molecule has 1 N–H and O–H groups in total. The third kappa shape index (κ3) is 3.18. The maximum absolute atomic E-state index is 5.96. The topological polar surface area (TPSA) is 47.0 Å². The summed E-state index contributed by atoms with van der Waals surface area (Å²) in [7, 11) is 1.86. The van der Waals surface area contributed by atoms with E-state index in [0.717, 1.165) is 16.3 Å². The fourth-order valence-corrected chi connectivity index (χ4v) is 1.62. The first kappa shape index (κ1) is 12.8. The molecule has 0 aliphatic carbocycles. The van der Waals surface area contributed by atoms with Crippen LogP contribution in [0.4, 0.5) is 0 Å². The van der Waals surface area contributed by atoms with E-state index in [-0.39, 0.29) is 0 Å². The van der Waals surface area contributed by atoms with Crippen LogP contribution in [0.15, 0.2) is 30.6 Å². The van der Waals surface area contributed by atoms with Crippen LogP contribution in [-0.4, -0.2) is 17.0 Å². The predicted octanol–water partition coefficient (Wildman–Crippen LogP) is 2.95. The van der Waals surface area contributed by atoms with Crippen molar-refractivity contribution in [3.05, 3.63) is 46.9 Å². The molecule has 1 aromatic heterocycles. The molecule has 1 heterocycles. The molecule has 0 saturated carbocycles. The zero-order valence-electron chi connectivity index (χ0n) is 10.3. The minimum absolute atomic E-state index is 0.476. The molecule has 0 saturated heterocycles. The fourth-order valence-electron chi connectivity index (χ4n) is 1.50. The number of hydrogen-bond donors (Lipinski definition) is 1. The van der Waals surface area contributed by atoms with E-state index < -0.39 is 0 Å². The molecule has 1 aromatic carbocycles. The Bertz CT molecular complexity index is 546. The standard InChI is InChI=1S/C13H14ClN3O/c1-9-5-11(3-4-12(9)14)18-13-8-16-7-10(17-13)6-15-2/h3-5,7-8,15H,6H2,1-2H3. The summed E-state index contributed by atoms with van der Waals surface area (Å²) in [5.74, 6) is 1.18. The van der Waals surface area contributed by atoms with E-state index >= 15 is 0 Å². The van der Waals surface area contributed by atoms with Crippen molar-refractivity contribution >= 4 is 11.6 Å². The highest BCUT2D eigenvalue weighted by atomic mass is 35.5. The largest absolute Gasteiger partial charge is 0.437 e. The molecule has 2 rings (SSSR count). The van der Waals surface area contributed by atoms with E-state index in [1.54, 1.807) is 18.5 Å². The molecule has 4 nitrogen and oxygen atoms in total. The van der Waals surface area contributed by atoms with E-state index in [1.165, 1.54) is 0 Å². The maximum Gasteiger partial charge on any atom is 0.238 e. The second kappa shape index (κ2) is 5.80. The zero-order chi connectivity index (χ0) is 13.0. The molecule has 18 heavy (non-hydrogen) atoms. The number of nitrogens with one attached hydrogen (secondary N) is 1. The number of ether oxygens (including phenoxy) is 1. The van der Waals surface area contributed by atoms with Gasteiger partial charge in [-0.1, -0.05) is 11.6 Å². The summed E-state index contributed by atoms with van der Waals surface area (Å²) < 4.78 is 5.64. The van der Waals surface area contributed by atoms with Crippen LogP contribution >= 0.6 is 11.6 Å². The van der Waals surface area contributed by atoms with E-state index in [0.29, 0.717) is 18.2 Å². The van der Waals surface area contributed by atoms with E-state index in [9.17, 15) is 0 Å². The van der Waals surface area contributed by atoms with Crippen molar-refractivity contribution in [2.45, 2.75) is 13.5 Å². The van der Waals surface area contributed by atoms with Gasteiger partial charge >= 0.3 is 0 Å². The van der Waals surface area contributed by atoms with Crippen molar-refractivity contribution in [2.75, 3.05) is 7.05 Å². The summed E-state index contributed by atoms with van der Waals surface area (Å²) >= 11 is 5.96. The van der Waals surface area contributed by atoms with Crippen LogP contribution in [-0.2, 0) is 6.54 Å². The molecule has 0 radical (unpaired) electrons. The Morgan fingerprint density at radius 2 is 2.17 bits per heavy atom. The summed E-state index contributed by atoms with van der Waals surface area (Å²) in [6.07, 6.45) is 3.29. The zero-order valence-corrected chi connectivity index (χ0v) is 11.0. The van der Waals surface area contributed by atoms with Gasteiger partial charge in [-0.05, 0) is 37.7 Å². The maximum atomic E-state index is 5.96. The van der Waals surface area contributed by atoms with Gasteiger partial charge in [0.2, 0.25) is 5.88 Å². The molecule has 0 aliphatic heterocycles. The minimum Gasteiger partial charge on any atom is -0.437 e. The van der Waals surface area contributed by atoms with Crippen LogP contribution in [0.3, 0.4) is 0 Å². The number of aryl methyl sites for hydroxylation is 1. The lowest BCUT2D eigenvalue weighted by Gasteiger charge is -2.07. The van der Waals surface area contributed by atoms with Crippen molar-refractivity contribution < 1.29 is 4.74 Å². The number of halogens is 1. The van der Waals surface area contributed by atoms with Crippen LogP contribution in [0.5, 0.6) is 11.6 Å². The molecule has 2 aromatic rings. The van der Waals surface area contributed by atoms with Crippen molar-refractivity contribution in [2.24, 2.45) is 0 Å². The molecule has 0 atom stereocenters. The quantitative estimate of drug-likeness (QED) is 0.921. The normalized spacial score (nSPS) is 10.4. The number of benzene rings is 1. The lowest BCUT2D eigenvalue weighted by molar-refractivity contribution is 0.456. The first-order valence-corrected chi connectivity index (χ1v) is 5.96. The van der Waals surface area contributed by atoms with Gasteiger partial charge in [0.15, 0.2) is 0 Å². The molecule has 0 bridgehead atoms. The Labute approximate surface area is 111 Å². The third-order valence-corrected chi connectivity index (χ3v) is 2.80. The van der Waals surface area contributed by atoms with Crippen LogP contribution in [0.25, 0.3) is 0 Å². The average Bonchev–Trinajstić information content (AvgIpc) is 2.35. The van der Waals surface area contributed by atoms with Gasteiger partial charge in [0.05, 0.1) is 11.9 Å². The van der Waals surface area contributed by atoms with Gasteiger partial charge in [0, 0.05) is 17.8 Å². The summed E-state index contributed by atoms with van der Waals surface area (Å²) in [4.78, 5) is 8.42. The number of nitrogens with zero attached hydrogens (tertiary/aromatic N) is 2. The Hall–Kier alpha value is -1.65. The lowest BCUT2D eigenvalue weighted by atomic mass is 10.2. The van der Waals surface area contributed by atoms with Crippen LogP contribution in [0.1, 0.15) is 11.3 Å². The van der Waals surface area contributed by atoms with E-state index in [2.05, 4.69) is 15.3 Å². The highest BCUT2D eigenvalue weighted by Crippen LogP contribution is 2.24. The summed E-state index contributed by atoms with van der Waals surface area (Å²) in [6.45, 7) is 2.59. The molecule has 0 unspecified atom stereocenters. The van der Waals surface area contributed by atoms with Gasteiger partial charge in [-0.3, -0.25) is 4.98 Å². The molecule has 0 spiro atoms. The molecule has 0 amide bonds. The van der Waals surface area contributed by atoms with Gasteiger partial charge < -0.3 is 10.1 Å². The van der Waals surface area contributed by atoms with Gasteiger partial charge in [-0.2, -0.15) is 0 Å². The minimum atomic E-state index is 0.476. The SMILES string of the molecule is CNCc1cncc(Oc2ccc(Cl)c(C)c2)n1. The molecular weight excluding hydrogens is 250 g/mol. The van der Waals surface area contributed by atoms with Gasteiger partial charge in [0.25, 0.3) is 0 Å². The Morgan fingerprint density at radius 1 is 1.33 bits per heavy atom. The Kier molecular flexibility index (Phi) is 4.12. The first-order valence-electron chi connectivity index (χ1n) is 5.58. The number of aromatic nitrogens is 2. The third-order valence-electron chi connectivity index (χ3n) is 2.37. The van der Waals surface area contributed by atoms with Crippen molar-refractivity contribution in [3.8, 4) is 11.6 Å². The van der Waals surface area contributed by atoms with Gasteiger partial charge in [-0.15, -0.1) is 0 Å². The number of hydrogen-bond acceptors (Lipinski definition) is 4. The van der Waals surface area contributed by atoms with Crippen LogP contribution in [0, 0.1) is 6.92 Å². The van der Waals surface area contributed by atoms with Crippen molar-refractivity contribution in [1.82, 2.24) is 15.3 Å². The monoisotopic (exact) mass is 263 g/mol. The van der Waals surface area contributed by atoms with Gasteiger partial charge in [-0.25, -0.2) is 4.98 Å². The molecule has 94 valence electrons. The lowest BCUT2D eigenvalue weighted by Crippen LogP contribution is -2.07. The highest BCUT2D eigenvalue weighted by Gasteiger charge is 2.03. The second-order valence-electron chi connectivity index (χ2n) is 3.89. The fraction of sp³-hybridized carbons (Fsp3) is 0.231. The highest BCUT2D eigenvalue weighted by molar-refractivity contribution is 6.31. The molecule has 0 fully saturated rings. The van der Waals surface area contributed by atoms with E-state index in [1.807, 2.05) is 26.1 Å². The van der Waals surface area contributed by atoms with E-state index in [4.69, 9.17) is 16.3 Å². The van der Waals surface area contributed by atoms with Crippen molar-refractivity contribution in [1.29, 1.82) is 0 Å². The second-order valence-corrected chi connectivity index (χ2v) is 4.30. The Morgan fingerprint density at radius 3 is 2.89 bits per heavy atom. The predicted molar refractivity (Wildman–Crippen MR) is 71.1 cm³/mol.